The van der Waals surface area contributed by atoms with Crippen molar-refractivity contribution in [3.63, 3.8) is 0 Å². The smallest absolute Gasteiger partial charge is 0.249 e. The SMILES string of the molecule is CCCN(CCC)C(=O)C1=CC(C(N)=O)=CC(C(N)=O)([C@H](Cc2ccc(N(C)C)cc2)[C@@H](O)CNCc2cccc(OC)c2)C1. The number of nitrogens with two attached hydrogens (primary N) is 2. The lowest BCUT2D eigenvalue weighted by molar-refractivity contribution is -0.132. The summed E-state index contributed by atoms with van der Waals surface area (Å²) >= 11 is 0. The maximum absolute atomic E-state index is 13.8. The van der Waals surface area contributed by atoms with Gasteiger partial charge in [-0.3, -0.25) is 14.4 Å². The van der Waals surface area contributed by atoms with Crippen LogP contribution in [0.5, 0.6) is 5.75 Å². The number of benzene rings is 2. The van der Waals surface area contributed by atoms with Gasteiger partial charge in [-0.15, -0.1) is 0 Å². The number of aliphatic hydroxyl groups excluding tert-OH is 1. The molecule has 0 bridgehead atoms. The topological polar surface area (TPSA) is 151 Å². The zero-order chi connectivity index (χ0) is 33.1. The number of amides is 3. The van der Waals surface area contributed by atoms with E-state index < -0.39 is 29.3 Å². The number of carbonyl (C=O) groups is 3. The molecule has 3 rings (SSSR count). The van der Waals surface area contributed by atoms with E-state index in [2.05, 4.69) is 5.32 Å². The first kappa shape index (κ1) is 35.3. The summed E-state index contributed by atoms with van der Waals surface area (Å²) < 4.78 is 5.32. The lowest BCUT2D eigenvalue weighted by Crippen LogP contribution is -2.52. The molecule has 1 aliphatic rings. The van der Waals surface area contributed by atoms with Gasteiger partial charge in [-0.1, -0.05) is 44.2 Å². The fraction of sp³-hybridized carbons (Fsp3) is 0.457. The maximum Gasteiger partial charge on any atom is 0.249 e. The minimum absolute atomic E-state index is 0.0286. The fourth-order valence-electron chi connectivity index (χ4n) is 5.98. The number of aliphatic hydroxyl groups is 1. The third-order valence-corrected chi connectivity index (χ3v) is 8.37. The lowest BCUT2D eigenvalue weighted by atomic mass is 9.63. The van der Waals surface area contributed by atoms with E-state index in [4.69, 9.17) is 16.2 Å². The molecule has 0 radical (unpaired) electrons. The van der Waals surface area contributed by atoms with E-state index in [1.807, 2.05) is 81.4 Å². The van der Waals surface area contributed by atoms with Gasteiger partial charge < -0.3 is 36.4 Å². The van der Waals surface area contributed by atoms with Gasteiger partial charge in [-0.2, -0.15) is 0 Å². The number of nitrogens with one attached hydrogen (secondary N) is 1. The standard InChI is InChI=1S/C35H49N5O5/c1-6-15-40(16-7-2)33(43)27-19-26(32(36)42)20-35(21-27,34(37)44)30(18-24-11-13-28(14-12-24)39(3)4)31(41)23-38-22-25-9-8-10-29(17-25)45-5/h8-14,17,19-20,30-31,38,41H,6-7,15-16,18,21-23H2,1-5H3,(H2,36,42)(H2,37,44)/t30-,31+,35?/m1/s1. The minimum atomic E-state index is -1.56. The summed E-state index contributed by atoms with van der Waals surface area (Å²) in [6, 6.07) is 15.4. The summed E-state index contributed by atoms with van der Waals surface area (Å²) in [6.07, 6.45) is 3.57. The van der Waals surface area contributed by atoms with Gasteiger partial charge in [0.05, 0.1) is 18.6 Å². The van der Waals surface area contributed by atoms with E-state index in [0.717, 1.165) is 35.4 Å². The van der Waals surface area contributed by atoms with Gasteiger partial charge in [0, 0.05) is 63.0 Å². The molecular formula is C35H49N5O5. The van der Waals surface area contributed by atoms with Crippen LogP contribution < -0.4 is 26.4 Å². The third-order valence-electron chi connectivity index (χ3n) is 8.37. The Hall–Kier alpha value is -4.15. The van der Waals surface area contributed by atoms with Gasteiger partial charge in [0.2, 0.25) is 17.7 Å². The first-order chi connectivity index (χ1) is 21.4. The van der Waals surface area contributed by atoms with E-state index in [-0.39, 0.29) is 36.4 Å². The van der Waals surface area contributed by atoms with E-state index in [0.29, 0.717) is 19.6 Å². The number of hydrogen-bond donors (Lipinski definition) is 4. The Kier molecular flexibility index (Phi) is 12.8. The summed E-state index contributed by atoms with van der Waals surface area (Å²) in [5.41, 5.74) is 13.5. The van der Waals surface area contributed by atoms with Crippen LogP contribution in [0.25, 0.3) is 0 Å². The highest BCUT2D eigenvalue weighted by molar-refractivity contribution is 6.03. The first-order valence-electron chi connectivity index (χ1n) is 15.6. The predicted octanol–water partition coefficient (Wildman–Crippen LogP) is 2.93. The van der Waals surface area contributed by atoms with Crippen LogP contribution in [-0.4, -0.2) is 74.7 Å². The molecule has 6 N–H and O–H groups in total. The molecule has 2 aromatic rings. The monoisotopic (exact) mass is 619 g/mol. The maximum atomic E-state index is 13.8. The zero-order valence-corrected chi connectivity index (χ0v) is 27.2. The molecule has 1 unspecified atom stereocenters. The highest BCUT2D eigenvalue weighted by atomic mass is 16.5. The highest BCUT2D eigenvalue weighted by Crippen LogP contribution is 2.44. The Balaban J connectivity index is 2.04. The Morgan fingerprint density at radius 2 is 1.69 bits per heavy atom. The largest absolute Gasteiger partial charge is 0.497 e. The zero-order valence-electron chi connectivity index (χ0n) is 27.2. The van der Waals surface area contributed by atoms with Crippen molar-refractivity contribution in [3.8, 4) is 5.75 Å². The van der Waals surface area contributed by atoms with Gasteiger partial charge >= 0.3 is 0 Å². The third kappa shape index (κ3) is 8.95. The number of carbonyl (C=O) groups excluding carboxylic acids is 3. The summed E-state index contributed by atoms with van der Waals surface area (Å²) in [5.74, 6) is -1.86. The van der Waals surface area contributed by atoms with Crippen LogP contribution in [-0.2, 0) is 27.3 Å². The van der Waals surface area contributed by atoms with E-state index in [9.17, 15) is 19.5 Å². The van der Waals surface area contributed by atoms with Gasteiger partial charge in [0.15, 0.2) is 0 Å². The Morgan fingerprint density at radius 3 is 2.24 bits per heavy atom. The molecule has 1 aliphatic carbocycles. The molecule has 10 nitrogen and oxygen atoms in total. The van der Waals surface area contributed by atoms with E-state index in [1.54, 1.807) is 12.0 Å². The Bertz CT molecular complexity index is 1380. The van der Waals surface area contributed by atoms with Crippen LogP contribution in [0.2, 0.25) is 0 Å². The van der Waals surface area contributed by atoms with Crippen LogP contribution >= 0.6 is 0 Å². The highest BCUT2D eigenvalue weighted by Gasteiger charge is 2.49. The number of nitrogens with zero attached hydrogens (tertiary/aromatic N) is 2. The first-order valence-corrected chi connectivity index (χ1v) is 15.6. The average molecular weight is 620 g/mol. The van der Waals surface area contributed by atoms with Crippen LogP contribution in [0, 0.1) is 11.3 Å². The van der Waals surface area contributed by atoms with Crippen LogP contribution in [0.15, 0.2) is 71.8 Å². The molecule has 244 valence electrons. The number of ether oxygens (including phenoxy) is 1. The molecule has 0 saturated carbocycles. The second-order valence-electron chi connectivity index (χ2n) is 11.9. The average Bonchev–Trinajstić information content (AvgIpc) is 3.03. The Morgan fingerprint density at radius 1 is 1.02 bits per heavy atom. The van der Waals surface area contributed by atoms with Gasteiger partial charge in [-0.25, -0.2) is 0 Å². The van der Waals surface area contributed by atoms with Gasteiger partial charge in [0.25, 0.3) is 0 Å². The molecule has 10 heteroatoms. The van der Waals surface area contributed by atoms with Crippen LogP contribution in [0.1, 0.15) is 44.2 Å². The minimum Gasteiger partial charge on any atom is -0.497 e. The van der Waals surface area contributed by atoms with Crippen molar-refractivity contribution < 1.29 is 24.2 Å². The van der Waals surface area contributed by atoms with Crippen molar-refractivity contribution in [2.75, 3.05) is 45.7 Å². The Labute approximate surface area is 267 Å². The molecule has 45 heavy (non-hydrogen) atoms. The molecule has 0 heterocycles. The molecule has 0 fully saturated rings. The fourth-order valence-corrected chi connectivity index (χ4v) is 5.98. The van der Waals surface area contributed by atoms with Crippen molar-refractivity contribution in [2.24, 2.45) is 22.8 Å². The summed E-state index contributed by atoms with van der Waals surface area (Å²) in [7, 11) is 5.49. The van der Waals surface area contributed by atoms with Crippen molar-refractivity contribution in [3.05, 3.63) is 83.0 Å². The molecular weight excluding hydrogens is 570 g/mol. The molecule has 3 atom stereocenters. The number of rotatable bonds is 17. The number of primary amides is 2. The quantitative estimate of drug-likeness (QED) is 0.213. The summed E-state index contributed by atoms with van der Waals surface area (Å²) in [6.45, 7) is 5.60. The van der Waals surface area contributed by atoms with Crippen molar-refractivity contribution in [1.29, 1.82) is 0 Å². The van der Waals surface area contributed by atoms with Gasteiger partial charge in [0.1, 0.15) is 5.75 Å². The number of hydrogen-bond acceptors (Lipinski definition) is 7. The normalized spacial score (nSPS) is 17.5. The number of anilines is 1. The second-order valence-corrected chi connectivity index (χ2v) is 11.9. The molecule has 0 aliphatic heterocycles. The summed E-state index contributed by atoms with van der Waals surface area (Å²) in [4.78, 5) is 43.8. The van der Waals surface area contributed by atoms with Crippen LogP contribution in [0.4, 0.5) is 5.69 Å². The second kappa shape index (κ2) is 16.2. The van der Waals surface area contributed by atoms with E-state index in [1.165, 1.54) is 12.2 Å². The predicted molar refractivity (Wildman–Crippen MR) is 177 cm³/mol. The molecule has 3 amide bonds. The molecule has 0 aromatic heterocycles. The molecule has 0 spiro atoms. The molecule has 0 saturated heterocycles. The molecule has 2 aromatic carbocycles. The van der Waals surface area contributed by atoms with Crippen molar-refractivity contribution in [1.82, 2.24) is 10.2 Å². The van der Waals surface area contributed by atoms with Gasteiger partial charge in [-0.05, 0) is 67.2 Å². The van der Waals surface area contributed by atoms with E-state index >= 15 is 0 Å². The van der Waals surface area contributed by atoms with Crippen LogP contribution in [0.3, 0.4) is 0 Å². The summed E-state index contributed by atoms with van der Waals surface area (Å²) in [5, 5.41) is 15.1. The van der Waals surface area contributed by atoms with Crippen molar-refractivity contribution in [2.45, 2.75) is 52.2 Å². The lowest BCUT2D eigenvalue weighted by Gasteiger charge is -2.42. The van der Waals surface area contributed by atoms with Crippen molar-refractivity contribution >= 4 is 23.4 Å². The number of methoxy groups -OCH3 is 1.